The fraction of sp³-hybridized carbons (Fsp3) is 0.286. The van der Waals surface area contributed by atoms with Gasteiger partial charge in [0.15, 0.2) is 11.4 Å². The van der Waals surface area contributed by atoms with E-state index in [-0.39, 0.29) is 0 Å². The fourth-order valence-electron chi connectivity index (χ4n) is 3.90. The quantitative estimate of drug-likeness (QED) is 0.548. The molecular formula is C21H22N6O. The third kappa shape index (κ3) is 2.98. The van der Waals surface area contributed by atoms with Crippen LogP contribution in [0.5, 0.6) is 5.75 Å². The summed E-state index contributed by atoms with van der Waals surface area (Å²) in [7, 11) is 1.66. The monoisotopic (exact) mass is 374 g/mol. The standard InChI is InChI=1S/C21H22N6O/c1-28-19-9-14(15-10-23-24-11-15)13-27-18(12-22-21(19)27)17-7-4-8-20(26-17)25-16-5-2-3-6-16/h4,7-13,16H,2-3,5-6H2,1H3,(H,23,24)(H,25,26). The van der Waals surface area contributed by atoms with Gasteiger partial charge in [0.1, 0.15) is 5.82 Å². The van der Waals surface area contributed by atoms with Gasteiger partial charge in [-0.05, 0) is 31.0 Å². The highest BCUT2D eigenvalue weighted by atomic mass is 16.5. The third-order valence-electron chi connectivity index (χ3n) is 5.34. The molecule has 0 atom stereocenters. The van der Waals surface area contributed by atoms with Gasteiger partial charge in [0.25, 0.3) is 0 Å². The molecule has 7 heteroatoms. The van der Waals surface area contributed by atoms with E-state index in [1.54, 1.807) is 13.3 Å². The highest BCUT2D eigenvalue weighted by molar-refractivity contribution is 5.72. The minimum Gasteiger partial charge on any atom is -0.493 e. The number of hydrogen-bond donors (Lipinski definition) is 2. The van der Waals surface area contributed by atoms with E-state index < -0.39 is 0 Å². The lowest BCUT2D eigenvalue weighted by Gasteiger charge is -2.13. The number of imidazole rings is 1. The van der Waals surface area contributed by atoms with Crippen LogP contribution in [0.3, 0.4) is 0 Å². The predicted octanol–water partition coefficient (Wildman–Crippen LogP) is 4.15. The molecule has 0 spiro atoms. The van der Waals surface area contributed by atoms with Gasteiger partial charge in [0, 0.05) is 29.6 Å². The largest absolute Gasteiger partial charge is 0.493 e. The Kier molecular flexibility index (Phi) is 4.20. The molecule has 4 heterocycles. The van der Waals surface area contributed by atoms with Gasteiger partial charge in [-0.1, -0.05) is 18.9 Å². The first kappa shape index (κ1) is 16.8. The van der Waals surface area contributed by atoms with Gasteiger partial charge < -0.3 is 10.1 Å². The zero-order chi connectivity index (χ0) is 18.9. The van der Waals surface area contributed by atoms with Crippen molar-refractivity contribution in [1.82, 2.24) is 24.6 Å². The lowest BCUT2D eigenvalue weighted by Crippen LogP contribution is -2.15. The number of H-pyrrole nitrogens is 1. The average Bonchev–Trinajstić information content (AvgIpc) is 3.48. The van der Waals surface area contributed by atoms with E-state index in [0.717, 1.165) is 34.0 Å². The van der Waals surface area contributed by atoms with Crippen LogP contribution in [0.15, 0.2) is 49.1 Å². The number of nitrogens with zero attached hydrogens (tertiary/aromatic N) is 4. The summed E-state index contributed by atoms with van der Waals surface area (Å²) in [4.78, 5) is 9.42. The van der Waals surface area contributed by atoms with E-state index in [2.05, 4.69) is 20.5 Å². The van der Waals surface area contributed by atoms with Crippen molar-refractivity contribution in [3.8, 4) is 28.3 Å². The van der Waals surface area contributed by atoms with Gasteiger partial charge in [-0.15, -0.1) is 0 Å². The molecule has 1 aliphatic carbocycles. The normalized spacial score (nSPS) is 14.6. The van der Waals surface area contributed by atoms with Crippen LogP contribution in [-0.2, 0) is 0 Å². The van der Waals surface area contributed by atoms with E-state index in [9.17, 15) is 0 Å². The highest BCUT2D eigenvalue weighted by Crippen LogP contribution is 2.31. The van der Waals surface area contributed by atoms with E-state index in [1.807, 2.05) is 47.3 Å². The number of fused-ring (bicyclic) bond motifs is 1. The maximum absolute atomic E-state index is 5.58. The van der Waals surface area contributed by atoms with Crippen molar-refractivity contribution < 1.29 is 4.74 Å². The Morgan fingerprint density at radius 3 is 2.86 bits per heavy atom. The zero-order valence-corrected chi connectivity index (χ0v) is 15.7. The number of methoxy groups -OCH3 is 1. The Morgan fingerprint density at radius 2 is 2.07 bits per heavy atom. The number of rotatable bonds is 5. The van der Waals surface area contributed by atoms with E-state index in [1.165, 1.54) is 25.7 Å². The van der Waals surface area contributed by atoms with Crippen LogP contribution in [0.4, 0.5) is 5.82 Å². The number of aromatic amines is 1. The second-order valence-corrected chi connectivity index (χ2v) is 7.15. The number of aromatic nitrogens is 5. The minimum atomic E-state index is 0.526. The second-order valence-electron chi connectivity index (χ2n) is 7.15. The summed E-state index contributed by atoms with van der Waals surface area (Å²) in [6.45, 7) is 0. The van der Waals surface area contributed by atoms with Crippen LogP contribution >= 0.6 is 0 Å². The van der Waals surface area contributed by atoms with Gasteiger partial charge >= 0.3 is 0 Å². The van der Waals surface area contributed by atoms with Gasteiger partial charge in [-0.25, -0.2) is 9.97 Å². The molecule has 0 aliphatic heterocycles. The van der Waals surface area contributed by atoms with Crippen molar-refractivity contribution in [3.63, 3.8) is 0 Å². The number of pyridine rings is 2. The summed E-state index contributed by atoms with van der Waals surface area (Å²) < 4.78 is 7.61. The van der Waals surface area contributed by atoms with Crippen molar-refractivity contribution in [3.05, 3.63) is 49.1 Å². The Balaban J connectivity index is 1.58. The van der Waals surface area contributed by atoms with Crippen LogP contribution in [0.25, 0.3) is 28.2 Å². The summed E-state index contributed by atoms with van der Waals surface area (Å²) in [5.74, 6) is 1.63. The third-order valence-corrected chi connectivity index (χ3v) is 5.34. The smallest absolute Gasteiger partial charge is 0.180 e. The van der Waals surface area contributed by atoms with E-state index >= 15 is 0 Å². The highest BCUT2D eigenvalue weighted by Gasteiger charge is 2.17. The van der Waals surface area contributed by atoms with Crippen LogP contribution < -0.4 is 10.1 Å². The van der Waals surface area contributed by atoms with Crippen molar-refractivity contribution in [2.75, 3.05) is 12.4 Å². The summed E-state index contributed by atoms with van der Waals surface area (Å²) in [5, 5.41) is 10.5. The molecule has 4 aromatic rings. The SMILES string of the molecule is COc1cc(-c2cn[nH]c2)cn2c(-c3cccc(NC4CCCC4)n3)cnc12. The molecule has 28 heavy (non-hydrogen) atoms. The van der Waals surface area contributed by atoms with Gasteiger partial charge in [-0.2, -0.15) is 5.10 Å². The van der Waals surface area contributed by atoms with E-state index in [0.29, 0.717) is 11.8 Å². The summed E-state index contributed by atoms with van der Waals surface area (Å²) in [5.41, 5.74) is 4.55. The molecule has 0 radical (unpaired) electrons. The molecule has 5 rings (SSSR count). The van der Waals surface area contributed by atoms with Crippen LogP contribution in [0, 0.1) is 0 Å². The topological polar surface area (TPSA) is 80.1 Å². The first-order valence-corrected chi connectivity index (χ1v) is 9.60. The van der Waals surface area contributed by atoms with Crippen LogP contribution in [0.1, 0.15) is 25.7 Å². The molecule has 1 aliphatic rings. The summed E-state index contributed by atoms with van der Waals surface area (Å²) in [6.07, 6.45) is 12.6. The van der Waals surface area contributed by atoms with E-state index in [4.69, 9.17) is 9.72 Å². The molecular weight excluding hydrogens is 352 g/mol. The second kappa shape index (κ2) is 6.99. The van der Waals surface area contributed by atoms with Crippen molar-refractivity contribution in [2.45, 2.75) is 31.7 Å². The Labute approximate surface area is 162 Å². The maximum atomic E-state index is 5.58. The average molecular weight is 374 g/mol. The first-order chi connectivity index (χ1) is 13.8. The summed E-state index contributed by atoms with van der Waals surface area (Å²) in [6, 6.07) is 8.58. The lowest BCUT2D eigenvalue weighted by atomic mass is 10.1. The Morgan fingerprint density at radius 1 is 1.18 bits per heavy atom. The fourth-order valence-corrected chi connectivity index (χ4v) is 3.90. The van der Waals surface area contributed by atoms with Gasteiger partial charge in [0.2, 0.25) is 0 Å². The van der Waals surface area contributed by atoms with Crippen molar-refractivity contribution >= 4 is 11.5 Å². The maximum Gasteiger partial charge on any atom is 0.180 e. The molecule has 7 nitrogen and oxygen atoms in total. The number of ether oxygens (including phenoxy) is 1. The molecule has 0 aromatic carbocycles. The molecule has 0 unspecified atom stereocenters. The summed E-state index contributed by atoms with van der Waals surface area (Å²) >= 11 is 0. The van der Waals surface area contributed by atoms with Crippen molar-refractivity contribution in [1.29, 1.82) is 0 Å². The van der Waals surface area contributed by atoms with Crippen molar-refractivity contribution in [2.24, 2.45) is 0 Å². The molecule has 2 N–H and O–H groups in total. The lowest BCUT2D eigenvalue weighted by molar-refractivity contribution is 0.417. The van der Waals surface area contributed by atoms with Gasteiger partial charge in [-0.3, -0.25) is 9.50 Å². The molecule has 0 bridgehead atoms. The Hall–Kier alpha value is -3.35. The predicted molar refractivity (Wildman–Crippen MR) is 108 cm³/mol. The molecule has 1 fully saturated rings. The molecule has 4 aromatic heterocycles. The molecule has 142 valence electrons. The number of anilines is 1. The van der Waals surface area contributed by atoms with Crippen LogP contribution in [-0.4, -0.2) is 37.7 Å². The molecule has 0 amide bonds. The van der Waals surface area contributed by atoms with Crippen LogP contribution in [0.2, 0.25) is 0 Å². The Bertz CT molecular complexity index is 1100. The van der Waals surface area contributed by atoms with Gasteiger partial charge in [0.05, 0.1) is 30.9 Å². The molecule has 1 saturated carbocycles. The first-order valence-electron chi connectivity index (χ1n) is 9.60. The minimum absolute atomic E-state index is 0.526. The zero-order valence-electron chi connectivity index (χ0n) is 15.7. The number of hydrogen-bond acceptors (Lipinski definition) is 5. The number of nitrogens with one attached hydrogen (secondary N) is 2. The molecule has 0 saturated heterocycles.